The smallest absolute Gasteiger partial charge is 0.132 e. The first kappa shape index (κ1) is 11.4. The van der Waals surface area contributed by atoms with Gasteiger partial charge in [-0.05, 0) is 19.8 Å². The molecule has 0 spiro atoms. The Bertz CT molecular complexity index is 147. The molecule has 0 bridgehead atoms. The molecule has 0 aromatic rings. The molecule has 1 atom stereocenters. The maximum absolute atomic E-state index is 10.8. The van der Waals surface area contributed by atoms with Gasteiger partial charge in [0, 0.05) is 5.92 Å². The van der Waals surface area contributed by atoms with Crippen molar-refractivity contribution in [2.75, 3.05) is 0 Å². The van der Waals surface area contributed by atoms with Gasteiger partial charge < -0.3 is 0 Å². The topological polar surface area (TPSA) is 17.1 Å². The Morgan fingerprint density at radius 3 is 2.58 bits per heavy atom. The third-order valence-corrected chi connectivity index (χ3v) is 2.07. The van der Waals surface area contributed by atoms with Crippen molar-refractivity contribution in [3.05, 3.63) is 12.2 Å². The minimum atomic E-state index is 0.197. The van der Waals surface area contributed by atoms with Crippen LogP contribution in [0.1, 0.15) is 46.5 Å². The number of allylic oxidation sites excluding steroid dienone is 2. The number of Topliss-reactive ketones (excluding diaryl/α,β-unsaturated/α-hetero) is 1. The van der Waals surface area contributed by atoms with E-state index in [2.05, 4.69) is 19.1 Å². The van der Waals surface area contributed by atoms with E-state index in [4.69, 9.17) is 0 Å². The summed E-state index contributed by atoms with van der Waals surface area (Å²) in [6.07, 6.45) is 8.86. The summed E-state index contributed by atoms with van der Waals surface area (Å²) in [5.74, 6) is 0.484. The molecule has 0 aliphatic rings. The van der Waals surface area contributed by atoms with Crippen LogP contribution in [-0.4, -0.2) is 5.78 Å². The van der Waals surface area contributed by atoms with E-state index < -0.39 is 0 Å². The molecule has 70 valence electrons. The monoisotopic (exact) mass is 168 g/mol. The third-order valence-electron chi connectivity index (χ3n) is 2.07. The fourth-order valence-corrected chi connectivity index (χ4v) is 0.906. The fraction of sp³-hybridized carbons (Fsp3) is 0.727. The Hall–Kier alpha value is -0.590. The fourth-order valence-electron chi connectivity index (χ4n) is 0.906. The van der Waals surface area contributed by atoms with Crippen LogP contribution in [-0.2, 0) is 4.79 Å². The standard InChI is InChI=1S/C11H20O/c1-4-5-6-7-8-9-10(2)11(3)12/h7-8,10H,4-6,9H2,1-3H3. The van der Waals surface area contributed by atoms with Gasteiger partial charge in [0.2, 0.25) is 0 Å². The zero-order valence-electron chi connectivity index (χ0n) is 8.47. The van der Waals surface area contributed by atoms with E-state index in [1.54, 1.807) is 6.92 Å². The first-order chi connectivity index (χ1) is 5.68. The molecule has 1 nitrogen and oxygen atoms in total. The van der Waals surface area contributed by atoms with Gasteiger partial charge in [-0.2, -0.15) is 0 Å². The van der Waals surface area contributed by atoms with Gasteiger partial charge in [0.25, 0.3) is 0 Å². The highest BCUT2D eigenvalue weighted by Gasteiger charge is 2.03. The molecule has 0 aromatic heterocycles. The number of ketones is 1. The van der Waals surface area contributed by atoms with Crippen LogP contribution < -0.4 is 0 Å². The molecular formula is C11H20O. The highest BCUT2D eigenvalue weighted by Crippen LogP contribution is 2.05. The van der Waals surface area contributed by atoms with Crippen LogP contribution in [0, 0.1) is 5.92 Å². The Labute approximate surface area is 75.9 Å². The number of hydrogen-bond acceptors (Lipinski definition) is 1. The normalized spacial score (nSPS) is 13.6. The van der Waals surface area contributed by atoms with Crippen LogP contribution in [0.5, 0.6) is 0 Å². The predicted octanol–water partition coefficient (Wildman–Crippen LogP) is 3.35. The largest absolute Gasteiger partial charge is 0.300 e. The first-order valence-corrected chi connectivity index (χ1v) is 4.84. The molecule has 0 saturated carbocycles. The molecule has 1 heteroatoms. The van der Waals surface area contributed by atoms with Gasteiger partial charge >= 0.3 is 0 Å². The molecule has 0 aromatic carbocycles. The van der Waals surface area contributed by atoms with Crippen molar-refractivity contribution in [2.45, 2.75) is 46.5 Å². The zero-order valence-corrected chi connectivity index (χ0v) is 8.47. The molecule has 0 rings (SSSR count). The van der Waals surface area contributed by atoms with Crippen LogP contribution in [0.25, 0.3) is 0 Å². The van der Waals surface area contributed by atoms with Crippen molar-refractivity contribution < 1.29 is 4.79 Å². The van der Waals surface area contributed by atoms with Gasteiger partial charge in [0.15, 0.2) is 0 Å². The van der Waals surface area contributed by atoms with Crippen LogP contribution >= 0.6 is 0 Å². The first-order valence-electron chi connectivity index (χ1n) is 4.84. The molecule has 0 radical (unpaired) electrons. The third kappa shape index (κ3) is 6.14. The molecule has 0 fully saturated rings. The molecule has 0 aliphatic heterocycles. The maximum Gasteiger partial charge on any atom is 0.132 e. The molecule has 0 amide bonds. The van der Waals surface area contributed by atoms with E-state index in [1.165, 1.54) is 12.8 Å². The Morgan fingerprint density at radius 1 is 1.42 bits per heavy atom. The number of rotatable bonds is 6. The van der Waals surface area contributed by atoms with Gasteiger partial charge in [0.05, 0.1) is 0 Å². The van der Waals surface area contributed by atoms with Crippen molar-refractivity contribution in [2.24, 2.45) is 5.92 Å². The van der Waals surface area contributed by atoms with Crippen molar-refractivity contribution >= 4 is 5.78 Å². The lowest BCUT2D eigenvalue weighted by Crippen LogP contribution is -2.03. The van der Waals surface area contributed by atoms with Crippen LogP contribution in [0.3, 0.4) is 0 Å². The molecule has 0 N–H and O–H groups in total. The van der Waals surface area contributed by atoms with Crippen molar-refractivity contribution in [3.8, 4) is 0 Å². The summed E-state index contributed by atoms with van der Waals surface area (Å²) in [6, 6.07) is 0. The van der Waals surface area contributed by atoms with Crippen molar-refractivity contribution in [1.29, 1.82) is 0 Å². The Morgan fingerprint density at radius 2 is 2.08 bits per heavy atom. The summed E-state index contributed by atoms with van der Waals surface area (Å²) in [5.41, 5.74) is 0. The summed E-state index contributed by atoms with van der Waals surface area (Å²) < 4.78 is 0. The average Bonchev–Trinajstić information content (AvgIpc) is 2.03. The summed E-state index contributed by atoms with van der Waals surface area (Å²) in [6.45, 7) is 5.82. The highest BCUT2D eigenvalue weighted by molar-refractivity contribution is 5.77. The van der Waals surface area contributed by atoms with Crippen LogP contribution in [0.15, 0.2) is 12.2 Å². The summed E-state index contributed by atoms with van der Waals surface area (Å²) >= 11 is 0. The van der Waals surface area contributed by atoms with Crippen molar-refractivity contribution in [3.63, 3.8) is 0 Å². The lowest BCUT2D eigenvalue weighted by molar-refractivity contribution is -0.120. The summed E-state index contributed by atoms with van der Waals surface area (Å²) in [7, 11) is 0. The van der Waals surface area contributed by atoms with Gasteiger partial charge in [-0.1, -0.05) is 38.8 Å². The van der Waals surface area contributed by atoms with E-state index >= 15 is 0 Å². The lowest BCUT2D eigenvalue weighted by atomic mass is 10.0. The van der Waals surface area contributed by atoms with E-state index in [0.29, 0.717) is 0 Å². The quantitative estimate of drug-likeness (QED) is 0.439. The minimum Gasteiger partial charge on any atom is -0.300 e. The Balaban J connectivity index is 3.40. The second-order valence-corrected chi connectivity index (χ2v) is 3.36. The van der Waals surface area contributed by atoms with E-state index in [1.807, 2.05) is 6.92 Å². The maximum atomic E-state index is 10.8. The van der Waals surface area contributed by atoms with Gasteiger partial charge in [-0.3, -0.25) is 4.79 Å². The molecular weight excluding hydrogens is 148 g/mol. The van der Waals surface area contributed by atoms with Gasteiger partial charge in [0.1, 0.15) is 5.78 Å². The predicted molar refractivity (Wildman–Crippen MR) is 53.1 cm³/mol. The van der Waals surface area contributed by atoms with Crippen LogP contribution in [0.2, 0.25) is 0 Å². The number of carbonyl (C=O) groups is 1. The summed E-state index contributed by atoms with van der Waals surface area (Å²) in [4.78, 5) is 10.8. The number of hydrogen-bond donors (Lipinski definition) is 0. The second-order valence-electron chi connectivity index (χ2n) is 3.36. The summed E-state index contributed by atoms with van der Waals surface area (Å²) in [5, 5.41) is 0. The number of unbranched alkanes of at least 4 members (excludes halogenated alkanes) is 2. The molecule has 0 heterocycles. The van der Waals surface area contributed by atoms with Gasteiger partial charge in [-0.25, -0.2) is 0 Å². The minimum absolute atomic E-state index is 0.197. The van der Waals surface area contributed by atoms with Crippen LogP contribution in [0.4, 0.5) is 0 Å². The molecule has 0 saturated heterocycles. The van der Waals surface area contributed by atoms with Gasteiger partial charge in [-0.15, -0.1) is 0 Å². The van der Waals surface area contributed by atoms with E-state index in [-0.39, 0.29) is 11.7 Å². The van der Waals surface area contributed by atoms with E-state index in [0.717, 1.165) is 12.8 Å². The SMILES string of the molecule is CCCCC=CCC(C)C(C)=O. The average molecular weight is 168 g/mol. The highest BCUT2D eigenvalue weighted by atomic mass is 16.1. The molecule has 12 heavy (non-hydrogen) atoms. The zero-order chi connectivity index (χ0) is 9.40. The molecule has 0 aliphatic carbocycles. The number of carbonyl (C=O) groups excluding carboxylic acids is 1. The lowest BCUT2D eigenvalue weighted by Gasteiger charge is -2.01. The van der Waals surface area contributed by atoms with E-state index in [9.17, 15) is 4.79 Å². The second kappa shape index (κ2) is 7.08. The molecule has 1 unspecified atom stereocenters. The Kier molecular flexibility index (Phi) is 6.73. The van der Waals surface area contributed by atoms with Crippen molar-refractivity contribution in [1.82, 2.24) is 0 Å².